The van der Waals surface area contributed by atoms with Crippen LogP contribution in [0.2, 0.25) is 0 Å². The molecule has 0 aliphatic carbocycles. The van der Waals surface area contributed by atoms with Crippen LogP contribution in [0.25, 0.3) is 0 Å². The molecule has 19 heavy (non-hydrogen) atoms. The first-order chi connectivity index (χ1) is 8.88. The van der Waals surface area contributed by atoms with Crippen molar-refractivity contribution in [1.82, 2.24) is 0 Å². The van der Waals surface area contributed by atoms with Crippen LogP contribution in [0.15, 0.2) is 57.9 Å². The lowest BCUT2D eigenvalue weighted by atomic mass is 10.1. The second-order valence-corrected chi connectivity index (χ2v) is 8.11. The Morgan fingerprint density at radius 2 is 1.63 bits per heavy atom. The Balaban J connectivity index is 2.39. The molecule has 0 aliphatic rings. The number of alkyl halides is 1. The number of hydrogen-bond donors (Lipinski definition) is 0. The predicted octanol–water partition coefficient (Wildman–Crippen LogP) is 4.34. The SMILES string of the molecule is CS(=O)(=O)c1cccc(C(Br)c2ccc(Br)cc2)c1. The zero-order valence-corrected chi connectivity index (χ0v) is 14.2. The first kappa shape index (κ1) is 14.8. The molecular weight excluding hydrogens is 392 g/mol. The third-order valence-corrected chi connectivity index (χ3v) is 5.44. The minimum absolute atomic E-state index is 0.0256. The van der Waals surface area contributed by atoms with E-state index in [1.807, 2.05) is 30.3 Å². The summed E-state index contributed by atoms with van der Waals surface area (Å²) < 4.78 is 24.1. The Kier molecular flexibility index (Phi) is 4.48. The van der Waals surface area contributed by atoms with E-state index in [1.54, 1.807) is 18.2 Å². The molecule has 2 rings (SSSR count). The molecule has 0 radical (unpaired) electrons. The van der Waals surface area contributed by atoms with E-state index < -0.39 is 9.84 Å². The van der Waals surface area contributed by atoms with Gasteiger partial charge in [-0.05, 0) is 35.4 Å². The monoisotopic (exact) mass is 402 g/mol. The summed E-state index contributed by atoms with van der Waals surface area (Å²) in [6.07, 6.45) is 1.22. The molecule has 0 fully saturated rings. The zero-order chi connectivity index (χ0) is 14.0. The van der Waals surface area contributed by atoms with Crippen LogP contribution in [0.3, 0.4) is 0 Å². The van der Waals surface area contributed by atoms with Crippen LogP contribution in [0, 0.1) is 0 Å². The van der Waals surface area contributed by atoms with Gasteiger partial charge < -0.3 is 0 Å². The standard InChI is InChI=1S/C14H12Br2O2S/c1-19(17,18)13-4-2-3-11(9-13)14(16)10-5-7-12(15)8-6-10/h2-9,14H,1H3. The second kappa shape index (κ2) is 5.77. The minimum Gasteiger partial charge on any atom is -0.224 e. The number of benzene rings is 2. The lowest BCUT2D eigenvalue weighted by Crippen LogP contribution is -1.99. The lowest BCUT2D eigenvalue weighted by molar-refractivity contribution is 0.602. The summed E-state index contributed by atoms with van der Waals surface area (Å²) >= 11 is 7.00. The molecule has 0 aromatic heterocycles. The van der Waals surface area contributed by atoms with E-state index in [1.165, 1.54) is 6.26 Å². The molecule has 2 aromatic carbocycles. The molecule has 0 aliphatic heterocycles. The average molecular weight is 404 g/mol. The summed E-state index contributed by atoms with van der Waals surface area (Å²) in [4.78, 5) is 0.314. The van der Waals surface area contributed by atoms with Crippen molar-refractivity contribution < 1.29 is 8.42 Å². The maximum absolute atomic E-state index is 11.6. The van der Waals surface area contributed by atoms with Gasteiger partial charge in [0, 0.05) is 10.7 Å². The van der Waals surface area contributed by atoms with Crippen molar-refractivity contribution in [3.05, 3.63) is 64.1 Å². The summed E-state index contributed by atoms with van der Waals surface area (Å²) in [5.41, 5.74) is 2.00. The summed E-state index contributed by atoms with van der Waals surface area (Å²) in [5, 5.41) is 0. The van der Waals surface area contributed by atoms with Crippen molar-refractivity contribution in [1.29, 1.82) is 0 Å². The van der Waals surface area contributed by atoms with Gasteiger partial charge in [-0.2, -0.15) is 0 Å². The molecule has 0 heterocycles. The van der Waals surface area contributed by atoms with Gasteiger partial charge in [-0.15, -0.1) is 0 Å². The Morgan fingerprint density at radius 1 is 1.00 bits per heavy atom. The van der Waals surface area contributed by atoms with Crippen molar-refractivity contribution >= 4 is 41.7 Å². The van der Waals surface area contributed by atoms with Gasteiger partial charge in [-0.25, -0.2) is 8.42 Å². The zero-order valence-electron chi connectivity index (χ0n) is 10.2. The van der Waals surface area contributed by atoms with Gasteiger partial charge in [-0.3, -0.25) is 0 Å². The maximum Gasteiger partial charge on any atom is 0.175 e. The molecule has 0 saturated carbocycles. The van der Waals surface area contributed by atoms with Crippen LogP contribution in [0.1, 0.15) is 16.0 Å². The largest absolute Gasteiger partial charge is 0.224 e. The molecule has 0 saturated heterocycles. The van der Waals surface area contributed by atoms with E-state index in [0.717, 1.165) is 15.6 Å². The van der Waals surface area contributed by atoms with Crippen LogP contribution in [-0.2, 0) is 9.84 Å². The number of sulfone groups is 1. The molecule has 0 amide bonds. The van der Waals surface area contributed by atoms with E-state index in [2.05, 4.69) is 31.9 Å². The predicted molar refractivity (Wildman–Crippen MR) is 84.5 cm³/mol. The number of rotatable bonds is 3. The summed E-state index contributed by atoms with van der Waals surface area (Å²) in [6.45, 7) is 0. The molecule has 0 bridgehead atoms. The molecule has 0 N–H and O–H groups in total. The van der Waals surface area contributed by atoms with Crippen molar-refractivity contribution in [2.45, 2.75) is 9.72 Å². The second-order valence-electron chi connectivity index (χ2n) is 4.26. The topological polar surface area (TPSA) is 34.1 Å². The summed E-state index contributed by atoms with van der Waals surface area (Å²) in [6, 6.07) is 14.9. The fourth-order valence-corrected chi connectivity index (χ4v) is 3.26. The Bertz CT molecular complexity index is 679. The van der Waals surface area contributed by atoms with Gasteiger partial charge in [0.05, 0.1) is 9.72 Å². The van der Waals surface area contributed by atoms with Crippen molar-refractivity contribution in [2.75, 3.05) is 6.26 Å². The maximum atomic E-state index is 11.6. The molecule has 2 nitrogen and oxygen atoms in total. The van der Waals surface area contributed by atoms with Crippen molar-refractivity contribution in [3.8, 4) is 0 Å². The van der Waals surface area contributed by atoms with Crippen molar-refractivity contribution in [2.24, 2.45) is 0 Å². The Morgan fingerprint density at radius 3 is 2.21 bits per heavy atom. The highest BCUT2D eigenvalue weighted by molar-refractivity contribution is 9.10. The average Bonchev–Trinajstić information content (AvgIpc) is 2.38. The molecule has 1 unspecified atom stereocenters. The lowest BCUT2D eigenvalue weighted by Gasteiger charge is -2.12. The van der Waals surface area contributed by atoms with Crippen molar-refractivity contribution in [3.63, 3.8) is 0 Å². The third kappa shape index (κ3) is 3.68. The highest BCUT2D eigenvalue weighted by Gasteiger charge is 2.13. The molecule has 5 heteroatoms. The normalized spacial score (nSPS) is 13.2. The van der Waals surface area contributed by atoms with Crippen LogP contribution in [0.4, 0.5) is 0 Å². The number of hydrogen-bond acceptors (Lipinski definition) is 2. The van der Waals surface area contributed by atoms with Gasteiger partial charge in [0.2, 0.25) is 0 Å². The van der Waals surface area contributed by atoms with Gasteiger partial charge in [-0.1, -0.05) is 56.1 Å². The minimum atomic E-state index is -3.18. The van der Waals surface area contributed by atoms with E-state index in [4.69, 9.17) is 0 Å². The van der Waals surface area contributed by atoms with Crippen LogP contribution < -0.4 is 0 Å². The highest BCUT2D eigenvalue weighted by atomic mass is 79.9. The fourth-order valence-electron chi connectivity index (χ4n) is 1.73. The van der Waals surface area contributed by atoms with E-state index in [0.29, 0.717) is 4.90 Å². The van der Waals surface area contributed by atoms with Gasteiger partial charge in [0.1, 0.15) is 0 Å². The molecular formula is C14H12Br2O2S. The van der Waals surface area contributed by atoms with Crippen LogP contribution in [-0.4, -0.2) is 14.7 Å². The molecule has 1 atom stereocenters. The first-order valence-electron chi connectivity index (χ1n) is 5.57. The van der Waals surface area contributed by atoms with E-state index in [9.17, 15) is 8.42 Å². The third-order valence-electron chi connectivity index (χ3n) is 2.74. The number of halogens is 2. The molecule has 2 aromatic rings. The molecule has 100 valence electrons. The Labute approximate surface area is 130 Å². The first-order valence-corrected chi connectivity index (χ1v) is 9.17. The summed E-state index contributed by atoms with van der Waals surface area (Å²) in [5.74, 6) is 0. The summed E-state index contributed by atoms with van der Waals surface area (Å²) in [7, 11) is -3.18. The van der Waals surface area contributed by atoms with Gasteiger partial charge >= 0.3 is 0 Å². The van der Waals surface area contributed by atoms with Gasteiger partial charge in [0.15, 0.2) is 9.84 Å². The fraction of sp³-hybridized carbons (Fsp3) is 0.143. The van der Waals surface area contributed by atoms with Crippen LogP contribution >= 0.6 is 31.9 Å². The molecule has 0 spiro atoms. The smallest absolute Gasteiger partial charge is 0.175 e. The van der Waals surface area contributed by atoms with Crippen LogP contribution in [0.5, 0.6) is 0 Å². The van der Waals surface area contributed by atoms with E-state index in [-0.39, 0.29) is 4.83 Å². The highest BCUT2D eigenvalue weighted by Crippen LogP contribution is 2.32. The Hall–Kier alpha value is -0.650. The quantitative estimate of drug-likeness (QED) is 0.714. The van der Waals surface area contributed by atoms with Gasteiger partial charge in [0.25, 0.3) is 0 Å². The van der Waals surface area contributed by atoms with E-state index >= 15 is 0 Å².